The molecule has 4 rings (SSSR count). The second-order valence-corrected chi connectivity index (χ2v) is 10.8. The van der Waals surface area contributed by atoms with Gasteiger partial charge in [-0.2, -0.15) is 4.31 Å². The molecule has 2 aliphatic rings. The number of amides is 3. The summed E-state index contributed by atoms with van der Waals surface area (Å²) in [5, 5.41) is 4.61. The molecular weight excluding hydrogens is 438 g/mol. The van der Waals surface area contributed by atoms with Crippen molar-refractivity contribution < 1.29 is 22.8 Å². The van der Waals surface area contributed by atoms with E-state index in [0.29, 0.717) is 35.8 Å². The molecule has 1 N–H and O–H groups in total. The number of piperidine rings is 1. The fourth-order valence-corrected chi connectivity index (χ4v) is 6.43. The zero-order valence-electron chi connectivity index (χ0n) is 16.8. The van der Waals surface area contributed by atoms with E-state index in [9.17, 15) is 22.8 Å². The van der Waals surface area contributed by atoms with E-state index in [1.807, 2.05) is 0 Å². The molecule has 31 heavy (non-hydrogen) atoms. The van der Waals surface area contributed by atoms with Crippen LogP contribution in [-0.2, 0) is 31.0 Å². The summed E-state index contributed by atoms with van der Waals surface area (Å²) in [6.07, 6.45) is 1.46. The highest BCUT2D eigenvalue weighted by atomic mass is 32.2. The number of imide groups is 1. The van der Waals surface area contributed by atoms with E-state index in [-0.39, 0.29) is 43.0 Å². The Hall–Kier alpha value is -2.56. The van der Waals surface area contributed by atoms with Crippen molar-refractivity contribution in [2.75, 3.05) is 18.4 Å². The Morgan fingerprint density at radius 2 is 1.68 bits per heavy atom. The zero-order chi connectivity index (χ0) is 22.0. The lowest BCUT2D eigenvalue weighted by molar-refractivity contribution is -0.139. The second-order valence-electron chi connectivity index (χ2n) is 7.67. The van der Waals surface area contributed by atoms with E-state index < -0.39 is 10.0 Å². The number of nitrogens with one attached hydrogen (secondary N) is 1. The molecule has 3 heterocycles. The Labute approximate surface area is 184 Å². The van der Waals surface area contributed by atoms with Gasteiger partial charge in [-0.1, -0.05) is 18.2 Å². The lowest BCUT2D eigenvalue weighted by atomic mass is 9.97. The SMILES string of the molecule is O=C(Nc1ccc(CN2C(=O)CCC2=O)cc1)C1CCN(S(=O)(=O)c2cccs2)CC1. The normalized spacial score (nSPS) is 18.5. The summed E-state index contributed by atoms with van der Waals surface area (Å²) in [6, 6.07) is 10.4. The Balaban J connectivity index is 1.30. The number of likely N-dealkylation sites (tertiary alicyclic amines) is 1. The van der Waals surface area contributed by atoms with Crippen LogP contribution in [-0.4, -0.2) is 48.4 Å². The highest BCUT2D eigenvalue weighted by Crippen LogP contribution is 2.27. The molecule has 1 aromatic heterocycles. The van der Waals surface area contributed by atoms with Gasteiger partial charge in [0.2, 0.25) is 17.7 Å². The molecule has 3 amide bonds. The third-order valence-corrected chi connectivity index (χ3v) is 8.90. The molecule has 2 aliphatic heterocycles. The summed E-state index contributed by atoms with van der Waals surface area (Å²) < 4.78 is 27.0. The van der Waals surface area contributed by atoms with Crippen LogP contribution in [0.4, 0.5) is 5.69 Å². The minimum atomic E-state index is -3.48. The number of sulfonamides is 1. The summed E-state index contributed by atoms with van der Waals surface area (Å²) in [6.45, 7) is 0.868. The van der Waals surface area contributed by atoms with E-state index in [1.54, 1.807) is 41.8 Å². The maximum atomic E-state index is 12.6. The average molecular weight is 462 g/mol. The van der Waals surface area contributed by atoms with Gasteiger partial charge in [0.05, 0.1) is 6.54 Å². The van der Waals surface area contributed by atoms with E-state index in [1.165, 1.54) is 20.5 Å². The summed E-state index contributed by atoms with van der Waals surface area (Å²) in [5.74, 6) is -0.704. The van der Waals surface area contributed by atoms with Crippen LogP contribution in [0.5, 0.6) is 0 Å². The van der Waals surface area contributed by atoms with Crippen LogP contribution in [0.25, 0.3) is 0 Å². The Morgan fingerprint density at radius 1 is 1.03 bits per heavy atom. The van der Waals surface area contributed by atoms with Crippen LogP contribution >= 0.6 is 11.3 Å². The van der Waals surface area contributed by atoms with Crippen molar-refractivity contribution >= 4 is 44.8 Å². The van der Waals surface area contributed by atoms with Gasteiger partial charge in [0.25, 0.3) is 10.0 Å². The van der Waals surface area contributed by atoms with Gasteiger partial charge >= 0.3 is 0 Å². The monoisotopic (exact) mass is 461 g/mol. The molecule has 2 aromatic rings. The van der Waals surface area contributed by atoms with Crippen LogP contribution in [0.3, 0.4) is 0 Å². The van der Waals surface area contributed by atoms with Gasteiger partial charge < -0.3 is 5.32 Å². The maximum absolute atomic E-state index is 12.6. The number of nitrogens with zero attached hydrogens (tertiary/aromatic N) is 2. The number of anilines is 1. The molecule has 0 spiro atoms. The standard InChI is InChI=1S/C21H23N3O5S2/c25-18-7-8-19(26)24(18)14-15-3-5-17(6-4-15)22-21(27)16-9-11-23(12-10-16)31(28,29)20-2-1-13-30-20/h1-6,13,16H,7-12,14H2,(H,22,27). The first kappa shape index (κ1) is 21.7. The third kappa shape index (κ3) is 4.70. The zero-order valence-corrected chi connectivity index (χ0v) is 18.5. The van der Waals surface area contributed by atoms with Crippen LogP contribution in [0.1, 0.15) is 31.2 Å². The fourth-order valence-electron chi connectivity index (χ4n) is 3.82. The number of hydrogen-bond donors (Lipinski definition) is 1. The number of hydrogen-bond acceptors (Lipinski definition) is 6. The minimum absolute atomic E-state index is 0.133. The lowest BCUT2D eigenvalue weighted by Gasteiger charge is -2.30. The van der Waals surface area contributed by atoms with E-state index in [2.05, 4.69) is 5.32 Å². The molecule has 1 aromatic carbocycles. The molecule has 0 unspecified atom stereocenters. The fraction of sp³-hybridized carbons (Fsp3) is 0.381. The molecule has 10 heteroatoms. The lowest BCUT2D eigenvalue weighted by Crippen LogP contribution is -2.41. The van der Waals surface area contributed by atoms with Crippen LogP contribution in [0, 0.1) is 5.92 Å². The van der Waals surface area contributed by atoms with E-state index in [0.717, 1.165) is 5.56 Å². The van der Waals surface area contributed by atoms with Crippen molar-refractivity contribution in [2.24, 2.45) is 5.92 Å². The molecule has 0 aliphatic carbocycles. The number of benzene rings is 1. The van der Waals surface area contributed by atoms with Gasteiger partial charge in [0, 0.05) is 37.5 Å². The van der Waals surface area contributed by atoms with Gasteiger partial charge in [-0.3, -0.25) is 19.3 Å². The van der Waals surface area contributed by atoms with Crippen molar-refractivity contribution in [1.29, 1.82) is 0 Å². The largest absolute Gasteiger partial charge is 0.326 e. The quantitative estimate of drug-likeness (QED) is 0.666. The van der Waals surface area contributed by atoms with Crippen LogP contribution in [0.15, 0.2) is 46.0 Å². The summed E-state index contributed by atoms with van der Waals surface area (Å²) in [4.78, 5) is 37.4. The van der Waals surface area contributed by atoms with Gasteiger partial charge in [0.1, 0.15) is 4.21 Å². The second kappa shape index (κ2) is 8.89. The highest BCUT2D eigenvalue weighted by molar-refractivity contribution is 7.91. The minimum Gasteiger partial charge on any atom is -0.326 e. The van der Waals surface area contributed by atoms with Crippen molar-refractivity contribution in [3.8, 4) is 0 Å². The van der Waals surface area contributed by atoms with Crippen molar-refractivity contribution in [3.63, 3.8) is 0 Å². The van der Waals surface area contributed by atoms with E-state index >= 15 is 0 Å². The first-order chi connectivity index (χ1) is 14.8. The Bertz CT molecular complexity index is 1060. The van der Waals surface area contributed by atoms with Gasteiger partial charge in [-0.05, 0) is 42.0 Å². The molecular formula is C21H23N3O5S2. The summed E-state index contributed by atoms with van der Waals surface area (Å²) >= 11 is 1.19. The molecule has 2 fully saturated rings. The predicted octanol–water partition coefficient (Wildman–Crippen LogP) is 2.44. The van der Waals surface area contributed by atoms with Crippen LogP contribution < -0.4 is 5.32 Å². The van der Waals surface area contributed by atoms with Gasteiger partial charge in [-0.25, -0.2) is 8.42 Å². The van der Waals surface area contributed by atoms with Crippen molar-refractivity contribution in [2.45, 2.75) is 36.4 Å². The third-order valence-electron chi connectivity index (χ3n) is 5.63. The Morgan fingerprint density at radius 3 is 2.26 bits per heavy atom. The topological polar surface area (TPSA) is 104 Å². The highest BCUT2D eigenvalue weighted by Gasteiger charge is 2.32. The number of carbonyl (C=O) groups excluding carboxylic acids is 3. The van der Waals surface area contributed by atoms with Crippen molar-refractivity contribution in [1.82, 2.24) is 9.21 Å². The first-order valence-corrected chi connectivity index (χ1v) is 12.4. The summed E-state index contributed by atoms with van der Waals surface area (Å²) in [7, 11) is -3.48. The van der Waals surface area contributed by atoms with Gasteiger partial charge in [-0.15, -0.1) is 11.3 Å². The average Bonchev–Trinajstić information content (AvgIpc) is 3.42. The number of rotatable bonds is 6. The number of thiophene rings is 1. The first-order valence-electron chi connectivity index (χ1n) is 10.1. The molecule has 2 saturated heterocycles. The maximum Gasteiger partial charge on any atom is 0.252 e. The van der Waals surface area contributed by atoms with E-state index in [4.69, 9.17) is 0 Å². The Kier molecular flexibility index (Phi) is 6.22. The number of carbonyl (C=O) groups is 3. The molecule has 0 saturated carbocycles. The smallest absolute Gasteiger partial charge is 0.252 e. The van der Waals surface area contributed by atoms with Crippen molar-refractivity contribution in [3.05, 3.63) is 47.3 Å². The summed E-state index contributed by atoms with van der Waals surface area (Å²) in [5.41, 5.74) is 1.44. The van der Waals surface area contributed by atoms with Gasteiger partial charge in [0.15, 0.2) is 0 Å². The molecule has 0 atom stereocenters. The molecule has 0 bridgehead atoms. The molecule has 0 radical (unpaired) electrons. The predicted molar refractivity (Wildman–Crippen MR) is 116 cm³/mol. The molecule has 164 valence electrons. The molecule has 8 nitrogen and oxygen atoms in total. The van der Waals surface area contributed by atoms with Crippen LogP contribution in [0.2, 0.25) is 0 Å².